The number of aryl methyl sites for hydroxylation is 1. The maximum Gasteiger partial charge on any atom is 0.274 e. The number of morpholine rings is 1. The fraction of sp³-hybridized carbons (Fsp3) is 0.417. The van der Waals surface area contributed by atoms with Crippen molar-refractivity contribution in [2.45, 2.75) is 38.2 Å². The molecule has 2 aromatic heterocycles. The van der Waals surface area contributed by atoms with Crippen molar-refractivity contribution in [2.24, 2.45) is 0 Å². The summed E-state index contributed by atoms with van der Waals surface area (Å²) >= 11 is 0. The molecule has 8 nitrogen and oxygen atoms in total. The van der Waals surface area contributed by atoms with Crippen LogP contribution in [-0.4, -0.2) is 57.8 Å². The van der Waals surface area contributed by atoms with Gasteiger partial charge in [0.2, 0.25) is 0 Å². The molecule has 1 aliphatic carbocycles. The SMILES string of the molecule is COc1ccc(-c2nccnc2[C@@H]2CN(C(=O)c3n[nH]c4c3CCCCC4)CCO2)cc1. The number of ether oxygens (including phenoxy) is 2. The minimum Gasteiger partial charge on any atom is -0.497 e. The van der Waals surface area contributed by atoms with Crippen molar-refractivity contribution in [3.8, 4) is 17.0 Å². The molecular weight excluding hydrogens is 406 g/mol. The molecule has 0 saturated carbocycles. The molecule has 1 aromatic carbocycles. The van der Waals surface area contributed by atoms with Gasteiger partial charge in [-0.05, 0) is 49.9 Å². The van der Waals surface area contributed by atoms with Gasteiger partial charge in [0.15, 0.2) is 5.69 Å². The van der Waals surface area contributed by atoms with Gasteiger partial charge in [-0.25, -0.2) is 0 Å². The number of carbonyl (C=O) groups excluding carboxylic acids is 1. The predicted molar refractivity (Wildman–Crippen MR) is 118 cm³/mol. The summed E-state index contributed by atoms with van der Waals surface area (Å²) in [6.07, 6.45) is 8.30. The van der Waals surface area contributed by atoms with Crippen molar-refractivity contribution < 1.29 is 14.3 Å². The normalized spacial score (nSPS) is 18.7. The number of amides is 1. The van der Waals surface area contributed by atoms with Gasteiger partial charge in [0.25, 0.3) is 5.91 Å². The van der Waals surface area contributed by atoms with Crippen LogP contribution in [0.5, 0.6) is 5.75 Å². The van der Waals surface area contributed by atoms with E-state index < -0.39 is 0 Å². The maximum atomic E-state index is 13.4. The van der Waals surface area contributed by atoms with E-state index in [0.29, 0.717) is 25.4 Å². The Hall–Kier alpha value is -3.26. The molecule has 0 spiro atoms. The summed E-state index contributed by atoms with van der Waals surface area (Å²) in [6.45, 7) is 1.40. The summed E-state index contributed by atoms with van der Waals surface area (Å²) in [7, 11) is 1.64. The second-order valence-electron chi connectivity index (χ2n) is 8.22. The number of carbonyl (C=O) groups is 1. The van der Waals surface area contributed by atoms with Crippen molar-refractivity contribution in [1.82, 2.24) is 25.1 Å². The number of methoxy groups -OCH3 is 1. The van der Waals surface area contributed by atoms with Gasteiger partial charge >= 0.3 is 0 Å². The van der Waals surface area contributed by atoms with Crippen molar-refractivity contribution in [1.29, 1.82) is 0 Å². The van der Waals surface area contributed by atoms with Crippen LogP contribution in [0.1, 0.15) is 52.8 Å². The van der Waals surface area contributed by atoms with Crippen LogP contribution >= 0.6 is 0 Å². The van der Waals surface area contributed by atoms with Crippen LogP contribution in [0.2, 0.25) is 0 Å². The lowest BCUT2D eigenvalue weighted by Crippen LogP contribution is -2.43. The molecule has 32 heavy (non-hydrogen) atoms. The molecular formula is C24H27N5O3. The van der Waals surface area contributed by atoms with E-state index in [1.54, 1.807) is 19.5 Å². The summed E-state index contributed by atoms with van der Waals surface area (Å²) in [5.74, 6) is 0.746. The van der Waals surface area contributed by atoms with Gasteiger partial charge in [-0.2, -0.15) is 5.10 Å². The number of nitrogens with zero attached hydrogens (tertiary/aromatic N) is 4. The van der Waals surface area contributed by atoms with Gasteiger partial charge in [-0.1, -0.05) is 6.42 Å². The van der Waals surface area contributed by atoms with Gasteiger partial charge < -0.3 is 14.4 Å². The van der Waals surface area contributed by atoms with Crippen LogP contribution in [0.4, 0.5) is 0 Å². The summed E-state index contributed by atoms with van der Waals surface area (Å²) in [5, 5.41) is 7.50. The van der Waals surface area contributed by atoms with Crippen molar-refractivity contribution in [2.75, 3.05) is 26.8 Å². The highest BCUT2D eigenvalue weighted by Crippen LogP contribution is 2.31. The first-order chi connectivity index (χ1) is 15.7. The monoisotopic (exact) mass is 433 g/mol. The maximum absolute atomic E-state index is 13.4. The van der Waals surface area contributed by atoms with E-state index in [4.69, 9.17) is 9.47 Å². The van der Waals surface area contributed by atoms with Crippen LogP contribution in [0, 0.1) is 0 Å². The summed E-state index contributed by atoms with van der Waals surface area (Å²) in [6, 6.07) is 7.71. The van der Waals surface area contributed by atoms with E-state index in [1.807, 2.05) is 29.2 Å². The third-order valence-corrected chi connectivity index (χ3v) is 6.26. The summed E-state index contributed by atoms with van der Waals surface area (Å²) in [4.78, 5) is 24.4. The second-order valence-corrected chi connectivity index (χ2v) is 8.22. The molecule has 1 saturated heterocycles. The topological polar surface area (TPSA) is 93.2 Å². The van der Waals surface area contributed by atoms with E-state index in [9.17, 15) is 4.79 Å². The molecule has 1 atom stereocenters. The lowest BCUT2D eigenvalue weighted by Gasteiger charge is -2.33. The predicted octanol–water partition coefficient (Wildman–Crippen LogP) is 3.36. The molecule has 1 N–H and O–H groups in total. The number of benzene rings is 1. The average molecular weight is 434 g/mol. The smallest absolute Gasteiger partial charge is 0.274 e. The molecule has 2 aliphatic rings. The van der Waals surface area contributed by atoms with E-state index in [2.05, 4.69) is 20.2 Å². The fourth-order valence-corrected chi connectivity index (χ4v) is 4.54. The van der Waals surface area contributed by atoms with Gasteiger partial charge in [0, 0.05) is 35.8 Å². The number of H-pyrrole nitrogens is 1. The van der Waals surface area contributed by atoms with Crippen LogP contribution in [-0.2, 0) is 17.6 Å². The molecule has 5 rings (SSSR count). The highest BCUT2D eigenvalue weighted by Gasteiger charge is 2.32. The second kappa shape index (κ2) is 9.08. The Morgan fingerprint density at radius 3 is 2.78 bits per heavy atom. The molecule has 1 fully saturated rings. The van der Waals surface area contributed by atoms with Crippen LogP contribution < -0.4 is 4.74 Å². The number of fused-ring (bicyclic) bond motifs is 1. The molecule has 0 unspecified atom stereocenters. The van der Waals surface area contributed by atoms with E-state index in [0.717, 1.165) is 59.6 Å². The molecule has 8 heteroatoms. The zero-order chi connectivity index (χ0) is 21.9. The molecule has 0 bridgehead atoms. The standard InChI is InChI=1S/C24H27N5O3/c1-31-17-9-7-16(8-10-17)21-23(26-12-11-25-21)20-15-29(13-14-32-20)24(30)22-18-5-3-2-4-6-19(18)27-28-22/h7-12,20H,2-6,13-15H2,1H3,(H,27,28)/t20-/m0/s1. The summed E-state index contributed by atoms with van der Waals surface area (Å²) in [5.41, 5.74) is 5.19. The average Bonchev–Trinajstić information content (AvgIpc) is 3.11. The Bertz CT molecular complexity index is 1100. The fourth-order valence-electron chi connectivity index (χ4n) is 4.54. The number of nitrogens with one attached hydrogen (secondary N) is 1. The molecule has 1 aliphatic heterocycles. The molecule has 166 valence electrons. The largest absolute Gasteiger partial charge is 0.497 e. The number of aromatic nitrogens is 4. The number of hydrogen-bond acceptors (Lipinski definition) is 6. The van der Waals surface area contributed by atoms with Gasteiger partial charge in [0.05, 0.1) is 31.6 Å². The minimum absolute atomic E-state index is 0.0346. The van der Waals surface area contributed by atoms with Crippen molar-refractivity contribution >= 4 is 5.91 Å². The van der Waals surface area contributed by atoms with E-state index in [-0.39, 0.29) is 12.0 Å². The van der Waals surface area contributed by atoms with Crippen molar-refractivity contribution in [3.63, 3.8) is 0 Å². The summed E-state index contributed by atoms with van der Waals surface area (Å²) < 4.78 is 11.3. The van der Waals surface area contributed by atoms with Crippen molar-refractivity contribution in [3.05, 3.63) is 59.3 Å². The highest BCUT2D eigenvalue weighted by atomic mass is 16.5. The first-order valence-electron chi connectivity index (χ1n) is 11.2. The number of aromatic amines is 1. The first-order valence-corrected chi connectivity index (χ1v) is 11.2. The Labute approximate surface area is 187 Å². The first kappa shape index (κ1) is 20.6. The molecule has 3 heterocycles. The van der Waals surface area contributed by atoms with Gasteiger partial charge in [-0.3, -0.25) is 19.9 Å². The minimum atomic E-state index is -0.351. The Morgan fingerprint density at radius 1 is 1.12 bits per heavy atom. The quantitative estimate of drug-likeness (QED) is 0.634. The Kier molecular flexibility index (Phi) is 5.85. The third-order valence-electron chi connectivity index (χ3n) is 6.26. The Balaban J connectivity index is 1.39. The lowest BCUT2D eigenvalue weighted by molar-refractivity contribution is -0.0248. The zero-order valence-corrected chi connectivity index (χ0v) is 18.2. The van der Waals surface area contributed by atoms with Gasteiger partial charge in [0.1, 0.15) is 11.9 Å². The molecule has 1 amide bonds. The number of rotatable bonds is 4. The van der Waals surface area contributed by atoms with Crippen LogP contribution in [0.3, 0.4) is 0 Å². The zero-order valence-electron chi connectivity index (χ0n) is 18.2. The number of hydrogen-bond donors (Lipinski definition) is 1. The van der Waals surface area contributed by atoms with Crippen LogP contribution in [0.15, 0.2) is 36.7 Å². The van der Waals surface area contributed by atoms with E-state index >= 15 is 0 Å². The van der Waals surface area contributed by atoms with E-state index in [1.165, 1.54) is 6.42 Å². The van der Waals surface area contributed by atoms with Gasteiger partial charge in [-0.15, -0.1) is 0 Å². The van der Waals surface area contributed by atoms with Crippen LogP contribution in [0.25, 0.3) is 11.3 Å². The Morgan fingerprint density at radius 2 is 1.94 bits per heavy atom. The molecule has 3 aromatic rings. The highest BCUT2D eigenvalue weighted by molar-refractivity contribution is 5.94. The molecule has 0 radical (unpaired) electrons. The third kappa shape index (κ3) is 3.98. The lowest BCUT2D eigenvalue weighted by atomic mass is 10.0.